The summed E-state index contributed by atoms with van der Waals surface area (Å²) in [6, 6.07) is 8.38. The lowest BCUT2D eigenvalue weighted by Gasteiger charge is -2.39. The summed E-state index contributed by atoms with van der Waals surface area (Å²) in [5.41, 5.74) is 12.5. The van der Waals surface area contributed by atoms with Crippen molar-refractivity contribution in [3.05, 3.63) is 35.9 Å². The van der Waals surface area contributed by atoms with Gasteiger partial charge in [-0.25, -0.2) is 0 Å². The topological polar surface area (TPSA) is 131 Å². The Hall–Kier alpha value is -1.51. The highest BCUT2D eigenvalue weighted by atomic mass is 16.5. The molecule has 22 heavy (non-hydrogen) atoms. The first-order valence-electron chi connectivity index (χ1n) is 7.28. The quantitative estimate of drug-likeness (QED) is 0.448. The van der Waals surface area contributed by atoms with E-state index in [1.165, 1.54) is 0 Å². The Balaban J connectivity index is 1.78. The number of carbonyl (C=O) groups excluding carboxylic acids is 1. The van der Waals surface area contributed by atoms with Crippen LogP contribution in [0, 0.1) is 0 Å². The Labute approximate surface area is 129 Å². The molecule has 7 nitrogen and oxygen atoms in total. The van der Waals surface area contributed by atoms with Crippen molar-refractivity contribution in [2.24, 2.45) is 11.5 Å². The van der Waals surface area contributed by atoms with Gasteiger partial charge in [0.1, 0.15) is 18.8 Å². The molecular weight excluding hydrogens is 286 g/mol. The molecule has 0 bridgehead atoms. The highest BCUT2D eigenvalue weighted by molar-refractivity contribution is 5.77. The van der Waals surface area contributed by atoms with Gasteiger partial charge >= 0.3 is 0 Å². The Morgan fingerprint density at radius 3 is 2.55 bits per heavy atom. The number of nitrogens with two attached hydrogens (primary N) is 2. The van der Waals surface area contributed by atoms with Crippen molar-refractivity contribution in [2.75, 3.05) is 6.61 Å². The molecule has 5 atom stereocenters. The number of rotatable bonds is 5. The number of benzene rings is 1. The van der Waals surface area contributed by atoms with Crippen LogP contribution in [0.3, 0.4) is 0 Å². The molecule has 1 fully saturated rings. The van der Waals surface area contributed by atoms with Crippen molar-refractivity contribution >= 4 is 5.91 Å². The summed E-state index contributed by atoms with van der Waals surface area (Å²) >= 11 is 0. The number of aliphatic hydroxyl groups excluding tert-OH is 2. The van der Waals surface area contributed by atoms with Crippen LogP contribution in [0.2, 0.25) is 0 Å². The van der Waals surface area contributed by atoms with E-state index < -0.39 is 30.4 Å². The van der Waals surface area contributed by atoms with Gasteiger partial charge in [-0.1, -0.05) is 30.3 Å². The molecule has 1 saturated carbocycles. The van der Waals surface area contributed by atoms with E-state index in [0.29, 0.717) is 13.0 Å². The number of carbonyl (C=O) groups is 1. The molecule has 0 aliphatic heterocycles. The fourth-order valence-corrected chi connectivity index (χ4v) is 2.53. The normalized spacial score (nSPS) is 31.7. The maximum atomic E-state index is 11.8. The minimum absolute atomic E-state index is 0.232. The van der Waals surface area contributed by atoms with E-state index in [0.717, 1.165) is 5.56 Å². The Morgan fingerprint density at radius 1 is 1.18 bits per heavy atom. The van der Waals surface area contributed by atoms with E-state index in [1.54, 1.807) is 0 Å². The van der Waals surface area contributed by atoms with Crippen molar-refractivity contribution in [1.82, 2.24) is 5.32 Å². The first kappa shape index (κ1) is 16.9. The first-order chi connectivity index (χ1) is 10.5. The first-order valence-corrected chi connectivity index (χ1v) is 7.28. The molecule has 7 heteroatoms. The lowest BCUT2D eigenvalue weighted by molar-refractivity contribution is -0.145. The van der Waals surface area contributed by atoms with Crippen molar-refractivity contribution < 1.29 is 19.7 Å². The summed E-state index contributed by atoms with van der Waals surface area (Å²) in [4.78, 5) is 11.8. The smallest absolute Gasteiger partial charge is 0.246 e. The zero-order valence-corrected chi connectivity index (χ0v) is 12.3. The fraction of sp³-hybridized carbons (Fsp3) is 0.533. The van der Waals surface area contributed by atoms with E-state index in [4.69, 9.17) is 16.2 Å². The predicted molar refractivity (Wildman–Crippen MR) is 80.6 cm³/mol. The number of nitrogens with one attached hydrogen (secondary N) is 1. The number of hydrogen-bond donors (Lipinski definition) is 5. The SMILES string of the molecule is N[C@@H]1C[C@H](N)[C@@H](OCC(=O)NCc2ccccc2)[C@H](O)[C@H]1O. The van der Waals surface area contributed by atoms with E-state index in [2.05, 4.69) is 5.32 Å². The van der Waals surface area contributed by atoms with Gasteiger partial charge < -0.3 is 31.7 Å². The maximum absolute atomic E-state index is 11.8. The molecule has 1 aliphatic rings. The van der Waals surface area contributed by atoms with E-state index in [1.807, 2.05) is 30.3 Å². The summed E-state index contributed by atoms with van der Waals surface area (Å²) in [5, 5.41) is 22.4. The molecule has 2 rings (SSSR count). The van der Waals surface area contributed by atoms with Gasteiger partial charge in [0.25, 0.3) is 0 Å². The second-order valence-electron chi connectivity index (χ2n) is 5.58. The van der Waals surface area contributed by atoms with Crippen molar-refractivity contribution in [3.63, 3.8) is 0 Å². The van der Waals surface area contributed by atoms with Crippen molar-refractivity contribution in [2.45, 2.75) is 43.4 Å². The second kappa shape index (κ2) is 7.66. The van der Waals surface area contributed by atoms with Gasteiger partial charge in [0.2, 0.25) is 5.91 Å². The standard InChI is InChI=1S/C15H23N3O4/c16-10-6-11(17)15(14(21)13(10)20)22-8-12(19)18-7-9-4-2-1-3-5-9/h1-5,10-11,13-15,20-21H,6-8,16-17H2,(H,18,19)/t10-,11+,13+,14-,15-/m1/s1. The summed E-state index contributed by atoms with van der Waals surface area (Å²) < 4.78 is 5.37. The number of ether oxygens (including phenoxy) is 1. The van der Waals surface area contributed by atoms with Gasteiger partial charge in [0.05, 0.1) is 6.10 Å². The van der Waals surface area contributed by atoms with E-state index in [9.17, 15) is 15.0 Å². The number of aliphatic hydroxyl groups is 2. The third-order valence-electron chi connectivity index (χ3n) is 3.83. The average Bonchev–Trinajstić information content (AvgIpc) is 2.51. The Bertz CT molecular complexity index is 485. The third kappa shape index (κ3) is 4.25. The molecule has 1 aromatic rings. The summed E-state index contributed by atoms with van der Waals surface area (Å²) in [5.74, 6) is -0.312. The fourth-order valence-electron chi connectivity index (χ4n) is 2.53. The monoisotopic (exact) mass is 309 g/mol. The van der Waals surface area contributed by atoms with Gasteiger partial charge in [-0.15, -0.1) is 0 Å². The Morgan fingerprint density at radius 2 is 1.86 bits per heavy atom. The molecule has 122 valence electrons. The predicted octanol–water partition coefficient (Wildman–Crippen LogP) is -1.53. The number of amides is 1. The molecule has 1 aliphatic carbocycles. The Kier molecular flexibility index (Phi) is 5.87. The lowest BCUT2D eigenvalue weighted by Crippen LogP contribution is -2.62. The van der Waals surface area contributed by atoms with Crippen LogP contribution in [-0.4, -0.2) is 53.1 Å². The van der Waals surface area contributed by atoms with Gasteiger partial charge in [0, 0.05) is 18.6 Å². The summed E-state index contributed by atoms with van der Waals surface area (Å²) in [7, 11) is 0. The summed E-state index contributed by atoms with van der Waals surface area (Å²) in [6.45, 7) is 0.167. The number of hydrogen-bond acceptors (Lipinski definition) is 6. The molecular formula is C15H23N3O4. The van der Waals surface area contributed by atoms with Crippen LogP contribution >= 0.6 is 0 Å². The van der Waals surface area contributed by atoms with Gasteiger partial charge in [-0.2, -0.15) is 0 Å². The van der Waals surface area contributed by atoms with Crippen molar-refractivity contribution in [3.8, 4) is 0 Å². The van der Waals surface area contributed by atoms with Crippen LogP contribution in [0.4, 0.5) is 0 Å². The zero-order valence-electron chi connectivity index (χ0n) is 12.3. The van der Waals surface area contributed by atoms with Crippen LogP contribution in [0.15, 0.2) is 30.3 Å². The molecule has 0 saturated heterocycles. The largest absolute Gasteiger partial charge is 0.389 e. The average molecular weight is 309 g/mol. The highest BCUT2D eigenvalue weighted by Gasteiger charge is 2.41. The molecule has 0 aromatic heterocycles. The zero-order chi connectivity index (χ0) is 16.1. The summed E-state index contributed by atoms with van der Waals surface area (Å²) in [6.07, 6.45) is -2.77. The molecule has 0 heterocycles. The minimum Gasteiger partial charge on any atom is -0.389 e. The molecule has 0 radical (unpaired) electrons. The van der Waals surface area contributed by atoms with Crippen molar-refractivity contribution in [1.29, 1.82) is 0 Å². The van der Waals surface area contributed by atoms with Crippen LogP contribution in [0.25, 0.3) is 0 Å². The molecule has 0 spiro atoms. The van der Waals surface area contributed by atoms with Gasteiger partial charge in [0.15, 0.2) is 0 Å². The van der Waals surface area contributed by atoms with Crippen LogP contribution in [-0.2, 0) is 16.1 Å². The van der Waals surface area contributed by atoms with E-state index in [-0.39, 0.29) is 12.5 Å². The van der Waals surface area contributed by atoms with Crippen LogP contribution < -0.4 is 16.8 Å². The lowest BCUT2D eigenvalue weighted by atomic mass is 9.85. The van der Waals surface area contributed by atoms with Gasteiger partial charge in [-0.3, -0.25) is 4.79 Å². The molecule has 7 N–H and O–H groups in total. The van der Waals surface area contributed by atoms with Crippen LogP contribution in [0.1, 0.15) is 12.0 Å². The molecule has 0 unspecified atom stereocenters. The maximum Gasteiger partial charge on any atom is 0.246 e. The van der Waals surface area contributed by atoms with Gasteiger partial charge in [-0.05, 0) is 12.0 Å². The highest BCUT2D eigenvalue weighted by Crippen LogP contribution is 2.20. The van der Waals surface area contributed by atoms with E-state index >= 15 is 0 Å². The molecule has 1 aromatic carbocycles. The molecule has 1 amide bonds. The minimum atomic E-state index is -1.19. The second-order valence-corrected chi connectivity index (χ2v) is 5.58. The van der Waals surface area contributed by atoms with Crippen LogP contribution in [0.5, 0.6) is 0 Å². The third-order valence-corrected chi connectivity index (χ3v) is 3.83.